The molecule has 0 N–H and O–H groups in total. The summed E-state index contributed by atoms with van der Waals surface area (Å²) in [5.74, 6) is -0.577. The molecule has 2 heterocycles. The number of hydrogen-bond acceptors (Lipinski definition) is 4. The van der Waals surface area contributed by atoms with Gasteiger partial charge in [-0.25, -0.2) is 12.8 Å². The molecule has 3 aliphatic rings. The van der Waals surface area contributed by atoms with Crippen LogP contribution in [0.15, 0.2) is 27.6 Å². The lowest BCUT2D eigenvalue weighted by Gasteiger charge is -2.46. The summed E-state index contributed by atoms with van der Waals surface area (Å²) < 4.78 is 46.8. The maximum atomic E-state index is 13.7. The van der Waals surface area contributed by atoms with Crippen LogP contribution in [-0.2, 0) is 19.6 Å². The fourth-order valence-electron chi connectivity index (χ4n) is 3.68. The van der Waals surface area contributed by atoms with Gasteiger partial charge in [0.05, 0.1) is 21.5 Å². The maximum absolute atomic E-state index is 13.7. The number of rotatable bonds is 3. The third kappa shape index (κ3) is 3.30. The predicted octanol–water partition coefficient (Wildman–Crippen LogP) is 2.13. The number of amides is 1. The molecule has 3 fully saturated rings. The minimum Gasteiger partial charge on any atom is -0.363 e. The molecule has 1 spiro atoms. The van der Waals surface area contributed by atoms with Crippen molar-refractivity contribution in [1.82, 2.24) is 9.21 Å². The number of carbonyl (C=O) groups excluding carboxylic acids is 1. The summed E-state index contributed by atoms with van der Waals surface area (Å²) in [6.45, 7) is 1.21. The average molecular weight is 447 g/mol. The topological polar surface area (TPSA) is 66.9 Å². The molecule has 1 aromatic rings. The number of morpholine rings is 1. The summed E-state index contributed by atoms with van der Waals surface area (Å²) in [5.41, 5.74) is -0.465. The molecule has 142 valence electrons. The Morgan fingerprint density at radius 2 is 1.92 bits per heavy atom. The quantitative estimate of drug-likeness (QED) is 0.712. The van der Waals surface area contributed by atoms with Gasteiger partial charge in [0.15, 0.2) is 0 Å². The van der Waals surface area contributed by atoms with Gasteiger partial charge in [0, 0.05) is 19.1 Å². The molecular formula is C17H20BrFN2O4S. The molecule has 0 unspecified atom stereocenters. The summed E-state index contributed by atoms with van der Waals surface area (Å²) >= 11 is 3.04. The highest BCUT2D eigenvalue weighted by Gasteiger charge is 2.47. The van der Waals surface area contributed by atoms with E-state index < -0.39 is 21.4 Å². The molecule has 0 bridgehead atoms. The Hall–Kier alpha value is -1.03. The van der Waals surface area contributed by atoms with E-state index in [0.717, 1.165) is 18.9 Å². The minimum atomic E-state index is -3.75. The molecule has 26 heavy (non-hydrogen) atoms. The van der Waals surface area contributed by atoms with Crippen molar-refractivity contribution >= 4 is 31.9 Å². The first kappa shape index (κ1) is 18.3. The molecule has 4 rings (SSSR count). The number of ether oxygens (including phenoxy) is 1. The first-order valence-corrected chi connectivity index (χ1v) is 10.9. The zero-order valence-electron chi connectivity index (χ0n) is 14.2. The van der Waals surface area contributed by atoms with E-state index in [1.807, 2.05) is 4.90 Å². The zero-order valence-corrected chi connectivity index (χ0v) is 16.6. The highest BCUT2D eigenvalue weighted by atomic mass is 79.9. The van der Waals surface area contributed by atoms with Crippen molar-refractivity contribution in [3.8, 4) is 0 Å². The fourth-order valence-corrected chi connectivity index (χ4v) is 5.38. The Kier molecular flexibility index (Phi) is 4.61. The van der Waals surface area contributed by atoms with E-state index in [1.165, 1.54) is 16.4 Å². The number of nitrogens with zero attached hydrogens (tertiary/aromatic N) is 2. The van der Waals surface area contributed by atoms with Crippen LogP contribution in [0.3, 0.4) is 0 Å². The molecule has 0 aromatic heterocycles. The van der Waals surface area contributed by atoms with E-state index in [9.17, 15) is 17.6 Å². The lowest BCUT2D eigenvalue weighted by atomic mass is 9.90. The van der Waals surface area contributed by atoms with Crippen molar-refractivity contribution in [3.63, 3.8) is 0 Å². The number of hydrogen-bond donors (Lipinski definition) is 0. The Labute approximate surface area is 160 Å². The maximum Gasteiger partial charge on any atom is 0.248 e. The van der Waals surface area contributed by atoms with Crippen LogP contribution < -0.4 is 0 Å². The van der Waals surface area contributed by atoms with E-state index in [0.29, 0.717) is 38.5 Å². The minimum absolute atomic E-state index is 0.0264. The van der Waals surface area contributed by atoms with Gasteiger partial charge in [-0.2, -0.15) is 4.31 Å². The van der Waals surface area contributed by atoms with Gasteiger partial charge in [-0.3, -0.25) is 4.79 Å². The van der Waals surface area contributed by atoms with E-state index in [4.69, 9.17) is 4.74 Å². The van der Waals surface area contributed by atoms with Crippen LogP contribution in [-0.4, -0.2) is 61.4 Å². The monoisotopic (exact) mass is 446 g/mol. The lowest BCUT2D eigenvalue weighted by molar-refractivity contribution is -0.170. The summed E-state index contributed by atoms with van der Waals surface area (Å²) in [5, 5.41) is 0. The first-order valence-electron chi connectivity index (χ1n) is 8.69. The van der Waals surface area contributed by atoms with Gasteiger partial charge in [-0.1, -0.05) is 0 Å². The van der Waals surface area contributed by atoms with Crippen molar-refractivity contribution in [2.24, 2.45) is 0 Å². The third-order valence-corrected chi connectivity index (χ3v) is 7.97. The van der Waals surface area contributed by atoms with Gasteiger partial charge < -0.3 is 9.64 Å². The summed E-state index contributed by atoms with van der Waals surface area (Å²) in [4.78, 5) is 13.9. The standard InChI is InChI=1S/C17H20BrFN2O4S/c18-14-4-3-13(9-15(14)19)26(23,24)20-7-5-17(6-8-20)11-21(12-1-2-12)16(22)10-25-17/h3-4,9,12H,1-2,5-8,10-11H2. The number of carbonyl (C=O) groups is 1. The highest BCUT2D eigenvalue weighted by Crippen LogP contribution is 2.37. The number of halogens is 2. The Morgan fingerprint density at radius 3 is 2.54 bits per heavy atom. The number of sulfonamides is 1. The molecule has 2 aliphatic heterocycles. The molecule has 6 nitrogen and oxygen atoms in total. The van der Waals surface area contributed by atoms with Gasteiger partial charge in [0.2, 0.25) is 15.9 Å². The largest absolute Gasteiger partial charge is 0.363 e. The van der Waals surface area contributed by atoms with E-state index in [-0.39, 0.29) is 21.9 Å². The summed E-state index contributed by atoms with van der Waals surface area (Å²) in [6, 6.07) is 4.17. The van der Waals surface area contributed by atoms with Crippen LogP contribution in [0.4, 0.5) is 4.39 Å². The van der Waals surface area contributed by atoms with Crippen molar-refractivity contribution in [1.29, 1.82) is 0 Å². The highest BCUT2D eigenvalue weighted by molar-refractivity contribution is 9.10. The Bertz CT molecular complexity index is 835. The SMILES string of the molecule is O=C1COC2(CCN(S(=O)(=O)c3ccc(Br)c(F)c3)CC2)CN1C1CC1. The van der Waals surface area contributed by atoms with Crippen molar-refractivity contribution in [2.75, 3.05) is 26.2 Å². The first-order chi connectivity index (χ1) is 12.3. The molecule has 1 aromatic carbocycles. The van der Waals surface area contributed by atoms with E-state index in [2.05, 4.69) is 15.9 Å². The smallest absolute Gasteiger partial charge is 0.248 e. The summed E-state index contributed by atoms with van der Waals surface area (Å²) in [7, 11) is -3.75. The summed E-state index contributed by atoms with van der Waals surface area (Å²) in [6.07, 6.45) is 3.14. The molecule has 1 amide bonds. The number of benzene rings is 1. The van der Waals surface area contributed by atoms with Gasteiger partial charge >= 0.3 is 0 Å². The van der Waals surface area contributed by atoms with Crippen LogP contribution in [0.1, 0.15) is 25.7 Å². The molecular weight excluding hydrogens is 427 g/mol. The molecule has 9 heteroatoms. The third-order valence-electron chi connectivity index (χ3n) is 5.43. The second-order valence-electron chi connectivity index (χ2n) is 7.20. The Balaban J connectivity index is 1.47. The molecule has 0 atom stereocenters. The second-order valence-corrected chi connectivity index (χ2v) is 10.00. The van der Waals surface area contributed by atoms with Crippen molar-refractivity contribution < 1.29 is 22.3 Å². The molecule has 1 aliphatic carbocycles. The predicted molar refractivity (Wildman–Crippen MR) is 95.5 cm³/mol. The lowest BCUT2D eigenvalue weighted by Crippen LogP contribution is -2.59. The fraction of sp³-hybridized carbons (Fsp3) is 0.588. The van der Waals surface area contributed by atoms with E-state index in [1.54, 1.807) is 0 Å². The zero-order chi connectivity index (χ0) is 18.5. The van der Waals surface area contributed by atoms with Crippen molar-refractivity contribution in [2.45, 2.75) is 42.2 Å². The molecule has 2 saturated heterocycles. The molecule has 0 radical (unpaired) electrons. The average Bonchev–Trinajstić information content (AvgIpc) is 3.45. The van der Waals surface area contributed by atoms with Crippen LogP contribution in [0, 0.1) is 5.82 Å². The van der Waals surface area contributed by atoms with Crippen LogP contribution in [0.25, 0.3) is 0 Å². The normalized spacial score (nSPS) is 24.2. The van der Waals surface area contributed by atoms with Crippen molar-refractivity contribution in [3.05, 3.63) is 28.5 Å². The van der Waals surface area contributed by atoms with Crippen LogP contribution >= 0.6 is 15.9 Å². The van der Waals surface area contributed by atoms with Crippen LogP contribution in [0.2, 0.25) is 0 Å². The second kappa shape index (κ2) is 6.54. The van der Waals surface area contributed by atoms with E-state index >= 15 is 0 Å². The van der Waals surface area contributed by atoms with Gasteiger partial charge in [-0.05, 0) is 59.8 Å². The van der Waals surface area contributed by atoms with Gasteiger partial charge in [0.1, 0.15) is 12.4 Å². The Morgan fingerprint density at radius 1 is 1.23 bits per heavy atom. The molecule has 1 saturated carbocycles. The van der Waals surface area contributed by atoms with Gasteiger partial charge in [0.25, 0.3) is 0 Å². The van der Waals surface area contributed by atoms with Gasteiger partial charge in [-0.15, -0.1) is 0 Å². The number of piperidine rings is 1. The van der Waals surface area contributed by atoms with Crippen LogP contribution in [0.5, 0.6) is 0 Å².